The molecule has 2 aromatic rings. The van der Waals surface area contributed by atoms with Crippen LogP contribution in [0.4, 0.5) is 11.8 Å². The predicted octanol–water partition coefficient (Wildman–Crippen LogP) is 2.25. The highest BCUT2D eigenvalue weighted by Gasteiger charge is 2.05. The number of rotatable bonds is 7. The number of aromatic nitrogens is 2. The van der Waals surface area contributed by atoms with E-state index in [9.17, 15) is 0 Å². The second-order valence-electron chi connectivity index (χ2n) is 4.37. The molecule has 1 heterocycles. The van der Waals surface area contributed by atoms with E-state index in [-0.39, 0.29) is 6.61 Å². The minimum absolute atomic E-state index is 0.264. The second-order valence-corrected chi connectivity index (χ2v) is 4.37. The predicted molar refractivity (Wildman–Crippen MR) is 78.5 cm³/mol. The molecule has 0 unspecified atom stereocenters. The summed E-state index contributed by atoms with van der Waals surface area (Å²) < 4.78 is 0. The second kappa shape index (κ2) is 6.89. The fourth-order valence-corrected chi connectivity index (χ4v) is 1.94. The number of unbranched alkanes of at least 4 members (excludes halogenated alkanes) is 2. The first-order valence-corrected chi connectivity index (χ1v) is 6.64. The quantitative estimate of drug-likeness (QED) is 0.666. The third-order valence-corrected chi connectivity index (χ3v) is 2.95. The first-order chi connectivity index (χ1) is 9.35. The van der Waals surface area contributed by atoms with Crippen LogP contribution in [0, 0.1) is 0 Å². The Morgan fingerprint density at radius 1 is 1.11 bits per heavy atom. The molecule has 0 saturated heterocycles. The standard InChI is InChI=1S/C14H20N4O/c1-15-14-17-12-8-4-3-7-11(12)13(18-14)16-9-5-2-6-10-19/h3-4,7-8,19H,2,5-6,9-10H2,1H3,(H2,15,16,17,18). The molecule has 1 aromatic heterocycles. The van der Waals surface area contributed by atoms with E-state index in [1.54, 1.807) is 0 Å². The Balaban J connectivity index is 2.11. The number of benzene rings is 1. The Morgan fingerprint density at radius 2 is 1.95 bits per heavy atom. The van der Waals surface area contributed by atoms with Gasteiger partial charge in [-0.05, 0) is 31.4 Å². The van der Waals surface area contributed by atoms with E-state index < -0.39 is 0 Å². The third kappa shape index (κ3) is 3.54. The lowest BCUT2D eigenvalue weighted by molar-refractivity contribution is 0.283. The molecule has 0 aliphatic carbocycles. The van der Waals surface area contributed by atoms with Gasteiger partial charge in [0, 0.05) is 25.6 Å². The Kier molecular flexibility index (Phi) is 4.92. The maximum Gasteiger partial charge on any atom is 0.224 e. The van der Waals surface area contributed by atoms with Crippen LogP contribution < -0.4 is 10.6 Å². The van der Waals surface area contributed by atoms with Crippen LogP contribution in [0.1, 0.15) is 19.3 Å². The van der Waals surface area contributed by atoms with Gasteiger partial charge in [0.1, 0.15) is 5.82 Å². The minimum atomic E-state index is 0.264. The number of aliphatic hydroxyl groups is 1. The summed E-state index contributed by atoms with van der Waals surface area (Å²) in [4.78, 5) is 8.87. The molecule has 1 aromatic carbocycles. The van der Waals surface area contributed by atoms with Gasteiger partial charge < -0.3 is 15.7 Å². The summed E-state index contributed by atoms with van der Waals surface area (Å²) >= 11 is 0. The summed E-state index contributed by atoms with van der Waals surface area (Å²) in [5.41, 5.74) is 0.930. The van der Waals surface area contributed by atoms with E-state index in [4.69, 9.17) is 5.11 Å². The summed E-state index contributed by atoms with van der Waals surface area (Å²) in [6, 6.07) is 7.96. The van der Waals surface area contributed by atoms with E-state index >= 15 is 0 Å². The molecule has 0 bridgehead atoms. The number of anilines is 2. The molecule has 0 aliphatic rings. The number of hydrogen-bond donors (Lipinski definition) is 3. The van der Waals surface area contributed by atoms with Crippen molar-refractivity contribution >= 4 is 22.7 Å². The average molecular weight is 260 g/mol. The van der Waals surface area contributed by atoms with Gasteiger partial charge in [-0.15, -0.1) is 0 Å². The van der Waals surface area contributed by atoms with E-state index in [0.29, 0.717) is 5.95 Å². The molecule has 0 aliphatic heterocycles. The van der Waals surface area contributed by atoms with Crippen LogP contribution in [0.5, 0.6) is 0 Å². The highest BCUT2D eigenvalue weighted by molar-refractivity contribution is 5.89. The summed E-state index contributed by atoms with van der Waals surface area (Å²) in [5, 5.41) is 16.1. The monoisotopic (exact) mass is 260 g/mol. The van der Waals surface area contributed by atoms with Gasteiger partial charge in [0.05, 0.1) is 5.52 Å². The van der Waals surface area contributed by atoms with Crippen molar-refractivity contribution in [3.8, 4) is 0 Å². The van der Waals surface area contributed by atoms with E-state index in [2.05, 4.69) is 20.6 Å². The molecule has 0 saturated carbocycles. The molecular weight excluding hydrogens is 240 g/mol. The van der Waals surface area contributed by atoms with Gasteiger partial charge in [0.25, 0.3) is 0 Å². The number of fused-ring (bicyclic) bond motifs is 1. The summed E-state index contributed by atoms with van der Waals surface area (Å²) in [6.45, 7) is 1.12. The van der Waals surface area contributed by atoms with E-state index in [1.807, 2.05) is 31.3 Å². The highest BCUT2D eigenvalue weighted by atomic mass is 16.2. The third-order valence-electron chi connectivity index (χ3n) is 2.95. The molecule has 0 atom stereocenters. The number of para-hydroxylation sites is 1. The molecule has 3 N–H and O–H groups in total. The van der Waals surface area contributed by atoms with Gasteiger partial charge in [-0.2, -0.15) is 4.98 Å². The Labute approximate surface area is 113 Å². The number of nitrogens with one attached hydrogen (secondary N) is 2. The molecule has 0 spiro atoms. The molecule has 2 rings (SSSR count). The summed E-state index contributed by atoms with van der Waals surface area (Å²) in [7, 11) is 1.81. The minimum Gasteiger partial charge on any atom is -0.396 e. The van der Waals surface area contributed by atoms with Gasteiger partial charge in [-0.1, -0.05) is 12.1 Å². The molecule has 0 radical (unpaired) electrons. The highest BCUT2D eigenvalue weighted by Crippen LogP contribution is 2.21. The molecule has 102 valence electrons. The van der Waals surface area contributed by atoms with Crippen molar-refractivity contribution in [1.29, 1.82) is 0 Å². The zero-order valence-corrected chi connectivity index (χ0v) is 11.2. The zero-order valence-electron chi connectivity index (χ0n) is 11.2. The SMILES string of the molecule is CNc1nc(NCCCCCO)c2ccccc2n1. The largest absolute Gasteiger partial charge is 0.396 e. The van der Waals surface area contributed by atoms with Crippen LogP contribution in [0.3, 0.4) is 0 Å². The molecule has 0 amide bonds. The van der Waals surface area contributed by atoms with E-state index in [1.165, 1.54) is 0 Å². The number of aliphatic hydroxyl groups excluding tert-OH is 1. The lowest BCUT2D eigenvalue weighted by Crippen LogP contribution is -2.07. The number of nitrogens with zero attached hydrogens (tertiary/aromatic N) is 2. The molecule has 19 heavy (non-hydrogen) atoms. The van der Waals surface area contributed by atoms with Crippen molar-refractivity contribution in [1.82, 2.24) is 9.97 Å². The maximum absolute atomic E-state index is 8.74. The van der Waals surface area contributed by atoms with Gasteiger partial charge in [-0.3, -0.25) is 0 Å². The van der Waals surface area contributed by atoms with Crippen LogP contribution in [-0.2, 0) is 0 Å². The Hall–Kier alpha value is -1.88. The normalized spacial score (nSPS) is 10.6. The van der Waals surface area contributed by atoms with Crippen LogP contribution in [0.25, 0.3) is 10.9 Å². The molecule has 0 fully saturated rings. The van der Waals surface area contributed by atoms with Crippen molar-refractivity contribution in [3.63, 3.8) is 0 Å². The van der Waals surface area contributed by atoms with Crippen molar-refractivity contribution in [2.45, 2.75) is 19.3 Å². The lowest BCUT2D eigenvalue weighted by atomic mass is 10.2. The van der Waals surface area contributed by atoms with Crippen molar-refractivity contribution in [2.24, 2.45) is 0 Å². The summed E-state index contributed by atoms with van der Waals surface area (Å²) in [5.74, 6) is 1.48. The smallest absolute Gasteiger partial charge is 0.224 e. The number of hydrogen-bond acceptors (Lipinski definition) is 5. The zero-order chi connectivity index (χ0) is 13.5. The summed E-state index contributed by atoms with van der Waals surface area (Å²) in [6.07, 6.45) is 2.90. The van der Waals surface area contributed by atoms with Gasteiger partial charge in [0.15, 0.2) is 0 Å². The van der Waals surface area contributed by atoms with E-state index in [0.717, 1.165) is 42.5 Å². The van der Waals surface area contributed by atoms with Gasteiger partial charge in [0.2, 0.25) is 5.95 Å². The lowest BCUT2D eigenvalue weighted by Gasteiger charge is -2.10. The Morgan fingerprint density at radius 3 is 2.74 bits per heavy atom. The topological polar surface area (TPSA) is 70.1 Å². The van der Waals surface area contributed by atoms with Gasteiger partial charge in [-0.25, -0.2) is 4.98 Å². The Bertz CT molecular complexity index is 530. The van der Waals surface area contributed by atoms with Crippen molar-refractivity contribution in [3.05, 3.63) is 24.3 Å². The first kappa shape index (κ1) is 13.5. The molecular formula is C14H20N4O. The van der Waals surface area contributed by atoms with Crippen LogP contribution in [0.2, 0.25) is 0 Å². The molecule has 5 heteroatoms. The maximum atomic E-state index is 8.74. The average Bonchev–Trinajstić information content (AvgIpc) is 2.46. The van der Waals surface area contributed by atoms with Crippen molar-refractivity contribution < 1.29 is 5.11 Å². The van der Waals surface area contributed by atoms with Gasteiger partial charge >= 0.3 is 0 Å². The van der Waals surface area contributed by atoms with Crippen LogP contribution in [0.15, 0.2) is 24.3 Å². The van der Waals surface area contributed by atoms with Crippen LogP contribution in [-0.4, -0.2) is 35.3 Å². The van der Waals surface area contributed by atoms with Crippen molar-refractivity contribution in [2.75, 3.05) is 30.8 Å². The molecule has 5 nitrogen and oxygen atoms in total. The fraction of sp³-hybridized carbons (Fsp3) is 0.429. The van der Waals surface area contributed by atoms with Crippen LogP contribution >= 0.6 is 0 Å². The first-order valence-electron chi connectivity index (χ1n) is 6.64. The fourth-order valence-electron chi connectivity index (χ4n) is 1.94.